The summed E-state index contributed by atoms with van der Waals surface area (Å²) in [4.78, 5) is 24.8. The summed E-state index contributed by atoms with van der Waals surface area (Å²) in [5.41, 5.74) is 1.17. The van der Waals surface area contributed by atoms with E-state index in [4.69, 9.17) is 14.2 Å². The Hall–Kier alpha value is -3.81. The van der Waals surface area contributed by atoms with Gasteiger partial charge >= 0.3 is 0 Å². The molecule has 0 saturated carbocycles. The van der Waals surface area contributed by atoms with Crippen molar-refractivity contribution in [3.63, 3.8) is 0 Å². The number of hydrogen-bond donors (Lipinski definition) is 1. The highest BCUT2D eigenvalue weighted by atomic mass is 19.1. The van der Waals surface area contributed by atoms with Crippen molar-refractivity contribution in [2.24, 2.45) is 0 Å². The summed E-state index contributed by atoms with van der Waals surface area (Å²) in [6, 6.07) is 12.7. The van der Waals surface area contributed by atoms with Gasteiger partial charge in [0.15, 0.2) is 17.2 Å². The van der Waals surface area contributed by atoms with E-state index in [2.05, 4.69) is 5.32 Å². The molecule has 1 aliphatic rings. The molecule has 0 fully saturated rings. The molecular weight excluding hydrogens is 403 g/mol. The number of carbonyl (C=O) groups excluding carboxylic acids is 1. The summed E-state index contributed by atoms with van der Waals surface area (Å²) in [6.45, 7) is 2.55. The minimum atomic E-state index is -0.409. The minimum absolute atomic E-state index is 0.0311. The van der Waals surface area contributed by atoms with Crippen LogP contribution in [0.25, 0.3) is 0 Å². The van der Waals surface area contributed by atoms with Gasteiger partial charge in [0.1, 0.15) is 32.2 Å². The van der Waals surface area contributed by atoms with Crippen LogP contribution >= 0.6 is 0 Å². The molecular formula is C23H21FN2O5. The minimum Gasteiger partial charge on any atom is -0.486 e. The number of hydrogen-bond acceptors (Lipinski definition) is 5. The van der Waals surface area contributed by atoms with Gasteiger partial charge in [-0.2, -0.15) is 0 Å². The van der Waals surface area contributed by atoms with Crippen LogP contribution < -0.4 is 25.0 Å². The summed E-state index contributed by atoms with van der Waals surface area (Å²) in [5, 5.41) is 2.80. The number of nitrogens with one attached hydrogen (secondary N) is 1. The van der Waals surface area contributed by atoms with Gasteiger partial charge in [0.05, 0.1) is 6.20 Å². The molecule has 4 rings (SSSR count). The lowest BCUT2D eigenvalue weighted by atomic mass is 10.2. The molecule has 1 amide bonds. The lowest BCUT2D eigenvalue weighted by Crippen LogP contribution is -2.22. The number of ether oxygens (including phenoxy) is 3. The zero-order valence-electron chi connectivity index (χ0n) is 16.9. The van der Waals surface area contributed by atoms with Crippen molar-refractivity contribution in [1.82, 2.24) is 4.57 Å². The van der Waals surface area contributed by atoms with Crippen molar-refractivity contribution in [3.8, 4) is 17.2 Å². The Morgan fingerprint density at radius 1 is 1.13 bits per heavy atom. The fraction of sp³-hybridized carbons (Fsp3) is 0.217. The molecule has 0 aliphatic carbocycles. The summed E-state index contributed by atoms with van der Waals surface area (Å²) in [5.74, 6) is 0.558. The number of pyridine rings is 1. The van der Waals surface area contributed by atoms with Gasteiger partial charge in [0, 0.05) is 29.1 Å². The summed E-state index contributed by atoms with van der Waals surface area (Å²) in [7, 11) is 0. The van der Waals surface area contributed by atoms with E-state index in [9.17, 15) is 14.0 Å². The van der Waals surface area contributed by atoms with Crippen molar-refractivity contribution < 1.29 is 23.4 Å². The third kappa shape index (κ3) is 4.85. The first-order valence-electron chi connectivity index (χ1n) is 9.76. The summed E-state index contributed by atoms with van der Waals surface area (Å²) >= 11 is 0. The number of carbonyl (C=O) groups is 1. The molecule has 7 nitrogen and oxygen atoms in total. The van der Waals surface area contributed by atoms with E-state index in [0.717, 1.165) is 0 Å². The predicted octanol–water partition coefficient (Wildman–Crippen LogP) is 3.28. The SMILES string of the molecule is Cc1cc(=O)c(OCc2ccccc2F)cn1CC(=O)Nc1ccc2c(c1)OCCO2. The van der Waals surface area contributed by atoms with Crippen LogP contribution in [-0.2, 0) is 17.9 Å². The van der Waals surface area contributed by atoms with E-state index in [1.165, 1.54) is 18.3 Å². The van der Waals surface area contributed by atoms with Crippen LogP contribution in [0.5, 0.6) is 17.2 Å². The molecule has 2 heterocycles. The topological polar surface area (TPSA) is 78.8 Å². The van der Waals surface area contributed by atoms with Crippen LogP contribution in [0.3, 0.4) is 0 Å². The Kier molecular flexibility index (Phi) is 5.88. The third-order valence-electron chi connectivity index (χ3n) is 4.79. The summed E-state index contributed by atoms with van der Waals surface area (Å²) in [6.07, 6.45) is 1.46. The van der Waals surface area contributed by atoms with Gasteiger partial charge in [0.25, 0.3) is 0 Å². The van der Waals surface area contributed by atoms with E-state index < -0.39 is 5.82 Å². The number of nitrogens with zero attached hydrogens (tertiary/aromatic N) is 1. The Bertz CT molecular complexity index is 1170. The van der Waals surface area contributed by atoms with Crippen molar-refractivity contribution in [2.45, 2.75) is 20.1 Å². The standard InChI is InChI=1S/C23H21FN2O5/c1-15-10-19(27)22(31-14-16-4-2-3-5-18(16)24)12-26(15)13-23(28)25-17-6-7-20-21(11-17)30-9-8-29-20/h2-7,10-12H,8-9,13-14H2,1H3,(H,25,28). The maximum absolute atomic E-state index is 13.8. The van der Waals surface area contributed by atoms with Gasteiger partial charge in [-0.05, 0) is 25.1 Å². The first-order valence-corrected chi connectivity index (χ1v) is 9.76. The van der Waals surface area contributed by atoms with Crippen LogP contribution in [0.2, 0.25) is 0 Å². The molecule has 1 N–H and O–H groups in total. The lowest BCUT2D eigenvalue weighted by molar-refractivity contribution is -0.116. The second kappa shape index (κ2) is 8.91. The van der Waals surface area contributed by atoms with E-state index in [1.54, 1.807) is 47.9 Å². The summed E-state index contributed by atoms with van der Waals surface area (Å²) < 4.78 is 31.9. The van der Waals surface area contributed by atoms with Gasteiger partial charge in [0.2, 0.25) is 11.3 Å². The highest BCUT2D eigenvalue weighted by molar-refractivity contribution is 5.91. The Morgan fingerprint density at radius 2 is 1.90 bits per heavy atom. The van der Waals surface area contributed by atoms with E-state index in [-0.39, 0.29) is 30.2 Å². The number of amides is 1. The fourth-order valence-electron chi connectivity index (χ4n) is 3.18. The zero-order chi connectivity index (χ0) is 21.8. The molecule has 31 heavy (non-hydrogen) atoms. The highest BCUT2D eigenvalue weighted by Crippen LogP contribution is 2.32. The van der Waals surface area contributed by atoms with Gasteiger partial charge in [-0.25, -0.2) is 4.39 Å². The Morgan fingerprint density at radius 3 is 2.71 bits per heavy atom. The number of rotatable bonds is 6. The smallest absolute Gasteiger partial charge is 0.244 e. The largest absolute Gasteiger partial charge is 0.486 e. The van der Waals surface area contributed by atoms with Crippen LogP contribution in [-0.4, -0.2) is 23.7 Å². The second-order valence-electron chi connectivity index (χ2n) is 7.06. The molecule has 0 spiro atoms. The third-order valence-corrected chi connectivity index (χ3v) is 4.79. The van der Waals surface area contributed by atoms with Crippen molar-refractivity contribution in [3.05, 3.63) is 82.0 Å². The Labute approximate surface area is 178 Å². The average molecular weight is 424 g/mol. The number of aryl methyl sites for hydroxylation is 1. The quantitative estimate of drug-likeness (QED) is 0.657. The number of fused-ring (bicyclic) bond motifs is 1. The number of anilines is 1. The van der Waals surface area contributed by atoms with Crippen LogP contribution in [0.4, 0.5) is 10.1 Å². The number of halogens is 1. The average Bonchev–Trinajstić information content (AvgIpc) is 2.75. The molecule has 160 valence electrons. The fourth-order valence-corrected chi connectivity index (χ4v) is 3.18. The van der Waals surface area contributed by atoms with Crippen LogP contribution in [0, 0.1) is 12.7 Å². The normalized spacial score (nSPS) is 12.3. The molecule has 3 aromatic rings. The molecule has 0 radical (unpaired) electrons. The lowest BCUT2D eigenvalue weighted by Gasteiger charge is -2.19. The first-order chi connectivity index (χ1) is 15.0. The molecule has 0 bridgehead atoms. The first kappa shape index (κ1) is 20.5. The molecule has 8 heteroatoms. The number of benzene rings is 2. The number of aromatic nitrogens is 1. The van der Waals surface area contributed by atoms with Gasteiger partial charge in [-0.1, -0.05) is 18.2 Å². The van der Waals surface area contributed by atoms with E-state index >= 15 is 0 Å². The molecule has 2 aromatic carbocycles. The zero-order valence-corrected chi connectivity index (χ0v) is 16.9. The van der Waals surface area contributed by atoms with Crippen LogP contribution in [0.15, 0.2) is 59.5 Å². The van der Waals surface area contributed by atoms with Gasteiger partial charge in [-0.3, -0.25) is 9.59 Å². The molecule has 0 atom stereocenters. The molecule has 1 aliphatic heterocycles. The van der Waals surface area contributed by atoms with E-state index in [0.29, 0.717) is 41.7 Å². The maximum atomic E-state index is 13.8. The van der Waals surface area contributed by atoms with Crippen molar-refractivity contribution >= 4 is 11.6 Å². The monoisotopic (exact) mass is 424 g/mol. The van der Waals surface area contributed by atoms with Gasteiger partial charge < -0.3 is 24.1 Å². The van der Waals surface area contributed by atoms with Crippen molar-refractivity contribution in [2.75, 3.05) is 18.5 Å². The van der Waals surface area contributed by atoms with Crippen molar-refractivity contribution in [1.29, 1.82) is 0 Å². The highest BCUT2D eigenvalue weighted by Gasteiger charge is 2.14. The van der Waals surface area contributed by atoms with E-state index in [1.807, 2.05) is 0 Å². The van der Waals surface area contributed by atoms with Crippen LogP contribution in [0.1, 0.15) is 11.3 Å². The van der Waals surface area contributed by atoms with Gasteiger partial charge in [-0.15, -0.1) is 0 Å². The molecule has 0 saturated heterocycles. The molecule has 1 aromatic heterocycles. The maximum Gasteiger partial charge on any atom is 0.244 e. The Balaban J connectivity index is 1.45. The molecule has 0 unspecified atom stereocenters. The second-order valence-corrected chi connectivity index (χ2v) is 7.06. The predicted molar refractivity (Wildman–Crippen MR) is 112 cm³/mol.